The molecule has 0 spiro atoms. The second kappa shape index (κ2) is 8.51. The largest absolute Gasteiger partial charge is 0.382 e. The first-order chi connectivity index (χ1) is 15.6. The van der Waals surface area contributed by atoms with Gasteiger partial charge in [-0.05, 0) is 57.0 Å². The average Bonchev–Trinajstić information content (AvgIpc) is 3.03. The van der Waals surface area contributed by atoms with Crippen molar-refractivity contribution >= 4 is 22.6 Å². The molecule has 4 N–H and O–H groups in total. The van der Waals surface area contributed by atoms with Crippen molar-refractivity contribution in [3.8, 4) is 22.8 Å². The molecule has 1 aliphatic rings. The molecule has 0 radical (unpaired) electrons. The predicted molar refractivity (Wildman–Crippen MR) is 126 cm³/mol. The number of aryl methyl sites for hydroxylation is 1. The number of rotatable bonds is 4. The van der Waals surface area contributed by atoms with Crippen LogP contribution in [0.3, 0.4) is 0 Å². The molecule has 2 aromatic carbocycles. The van der Waals surface area contributed by atoms with Crippen molar-refractivity contribution in [1.29, 1.82) is 0 Å². The Hall–Kier alpha value is -3.58. The van der Waals surface area contributed by atoms with Crippen LogP contribution in [0.1, 0.15) is 35.2 Å². The van der Waals surface area contributed by atoms with Crippen LogP contribution in [-0.2, 0) is 0 Å². The van der Waals surface area contributed by atoms with E-state index in [1.54, 1.807) is 6.20 Å². The number of nitrogens with zero attached hydrogens (tertiary/aromatic N) is 3. The summed E-state index contributed by atoms with van der Waals surface area (Å²) < 4.78 is 0. The Kier molecular flexibility index (Phi) is 5.41. The van der Waals surface area contributed by atoms with Crippen LogP contribution in [0.2, 0.25) is 0 Å². The summed E-state index contributed by atoms with van der Waals surface area (Å²) in [5.41, 5.74) is 11.9. The molecule has 1 aliphatic heterocycles. The van der Waals surface area contributed by atoms with Gasteiger partial charge < -0.3 is 16.0 Å². The van der Waals surface area contributed by atoms with Gasteiger partial charge in [0.1, 0.15) is 5.69 Å². The zero-order chi connectivity index (χ0) is 22.1. The molecule has 2 aromatic heterocycles. The number of carbonyl (C=O) groups excluding carboxylic acids is 1. The van der Waals surface area contributed by atoms with Gasteiger partial charge in [-0.15, -0.1) is 0 Å². The molecule has 1 fully saturated rings. The smallest absolute Gasteiger partial charge is 0.165 e. The van der Waals surface area contributed by atoms with E-state index in [1.807, 2.05) is 49.4 Å². The number of benzene rings is 2. The summed E-state index contributed by atoms with van der Waals surface area (Å²) in [6.07, 6.45) is 4.53. The number of nitrogens with two attached hydrogens (primary N) is 1. The number of H-pyrrole nitrogens is 1. The number of nitrogens with one attached hydrogen (secondary N) is 2. The lowest BCUT2D eigenvalue weighted by atomic mass is 9.91. The molecular weight excluding hydrogens is 400 g/mol. The van der Waals surface area contributed by atoms with Crippen molar-refractivity contribution in [2.45, 2.75) is 26.2 Å². The average molecular weight is 427 g/mol. The third-order valence-corrected chi connectivity index (χ3v) is 6.07. The third kappa shape index (κ3) is 3.99. The maximum atomic E-state index is 12.9. The van der Waals surface area contributed by atoms with Crippen LogP contribution in [0.5, 0.6) is 0 Å². The molecule has 32 heavy (non-hydrogen) atoms. The molecule has 1 saturated heterocycles. The van der Waals surface area contributed by atoms with Crippen LogP contribution in [0.4, 0.5) is 5.82 Å². The molecular formula is C25H26N6O. The molecule has 162 valence electrons. The first-order valence-corrected chi connectivity index (χ1v) is 11.0. The van der Waals surface area contributed by atoms with Gasteiger partial charge in [0.05, 0.1) is 22.9 Å². The van der Waals surface area contributed by atoms with Crippen molar-refractivity contribution in [2.24, 2.45) is 5.92 Å². The Morgan fingerprint density at radius 1 is 1.06 bits per heavy atom. The van der Waals surface area contributed by atoms with Crippen LogP contribution in [0.25, 0.3) is 33.8 Å². The maximum absolute atomic E-state index is 12.9. The standard InChI is InChI=1S/C25H26N6O/c1-15-4-9-19-20(13-15)31-25(30-19)22-24(26)28-14-21(29-22)16-5-7-18(8-6-16)23(32)17-3-2-11-27-12-10-17/h4-9,13-14,17,27H,2-3,10-12H2,1H3,(H2,26,28)(H,30,31). The summed E-state index contributed by atoms with van der Waals surface area (Å²) in [5.74, 6) is 1.22. The Morgan fingerprint density at radius 3 is 2.75 bits per heavy atom. The normalized spacial score (nSPS) is 16.7. The molecule has 4 aromatic rings. The van der Waals surface area contributed by atoms with Gasteiger partial charge in [0, 0.05) is 17.0 Å². The number of nitrogen functional groups attached to an aromatic ring is 1. The highest BCUT2D eigenvalue weighted by molar-refractivity contribution is 5.98. The fourth-order valence-corrected chi connectivity index (χ4v) is 4.27. The van der Waals surface area contributed by atoms with Crippen molar-refractivity contribution in [1.82, 2.24) is 25.3 Å². The van der Waals surface area contributed by atoms with Gasteiger partial charge in [-0.2, -0.15) is 0 Å². The van der Waals surface area contributed by atoms with Crippen LogP contribution in [0.15, 0.2) is 48.7 Å². The summed E-state index contributed by atoms with van der Waals surface area (Å²) in [6.45, 7) is 3.93. The molecule has 1 atom stereocenters. The van der Waals surface area contributed by atoms with Gasteiger partial charge in [-0.1, -0.05) is 30.3 Å². The Labute approximate surface area is 186 Å². The molecule has 7 nitrogen and oxygen atoms in total. The van der Waals surface area contributed by atoms with Crippen LogP contribution in [-0.4, -0.2) is 38.8 Å². The molecule has 0 saturated carbocycles. The van der Waals surface area contributed by atoms with E-state index in [0.29, 0.717) is 23.0 Å². The molecule has 7 heteroatoms. The highest BCUT2D eigenvalue weighted by Crippen LogP contribution is 2.27. The molecule has 0 bridgehead atoms. The Balaban J connectivity index is 1.43. The second-order valence-electron chi connectivity index (χ2n) is 8.41. The van der Waals surface area contributed by atoms with E-state index in [1.165, 1.54) is 0 Å². The van der Waals surface area contributed by atoms with Gasteiger partial charge in [0.15, 0.2) is 17.4 Å². The minimum atomic E-state index is 0.0930. The maximum Gasteiger partial charge on any atom is 0.165 e. The van der Waals surface area contributed by atoms with Crippen molar-refractivity contribution in [2.75, 3.05) is 18.8 Å². The number of aromatic amines is 1. The van der Waals surface area contributed by atoms with Crippen LogP contribution < -0.4 is 11.1 Å². The summed E-state index contributed by atoms with van der Waals surface area (Å²) in [4.78, 5) is 29.9. The van der Waals surface area contributed by atoms with E-state index in [9.17, 15) is 4.79 Å². The van der Waals surface area contributed by atoms with Crippen LogP contribution >= 0.6 is 0 Å². The van der Waals surface area contributed by atoms with Gasteiger partial charge >= 0.3 is 0 Å². The zero-order valence-electron chi connectivity index (χ0n) is 18.1. The van der Waals surface area contributed by atoms with Gasteiger partial charge in [-0.25, -0.2) is 15.0 Å². The first kappa shape index (κ1) is 20.3. The van der Waals surface area contributed by atoms with Crippen molar-refractivity contribution in [3.05, 3.63) is 59.8 Å². The van der Waals surface area contributed by atoms with Crippen molar-refractivity contribution in [3.63, 3.8) is 0 Å². The van der Waals surface area contributed by atoms with E-state index < -0.39 is 0 Å². The quantitative estimate of drug-likeness (QED) is 0.423. The lowest BCUT2D eigenvalue weighted by Crippen LogP contribution is -2.18. The zero-order valence-corrected chi connectivity index (χ0v) is 18.1. The number of aromatic nitrogens is 4. The van der Waals surface area contributed by atoms with E-state index in [4.69, 9.17) is 10.7 Å². The number of Topliss-reactive ketones (excluding diaryl/α,β-unsaturated/α-hetero) is 1. The minimum Gasteiger partial charge on any atom is -0.382 e. The number of hydrogen-bond donors (Lipinski definition) is 3. The fraction of sp³-hybridized carbons (Fsp3) is 0.280. The lowest BCUT2D eigenvalue weighted by Gasteiger charge is -2.13. The Bertz CT molecular complexity index is 1270. The van der Waals surface area contributed by atoms with E-state index in [2.05, 4.69) is 20.3 Å². The number of hydrogen-bond acceptors (Lipinski definition) is 6. The minimum absolute atomic E-state index is 0.0930. The SMILES string of the molecule is Cc1ccc2nc(-c3nc(-c4ccc(C(=O)C5CCCNCC5)cc4)cnc3N)[nH]c2c1. The summed E-state index contributed by atoms with van der Waals surface area (Å²) >= 11 is 0. The first-order valence-electron chi connectivity index (χ1n) is 11.0. The van der Waals surface area contributed by atoms with Crippen LogP contribution in [0, 0.1) is 12.8 Å². The highest BCUT2D eigenvalue weighted by atomic mass is 16.1. The molecule has 1 unspecified atom stereocenters. The van der Waals surface area contributed by atoms with Gasteiger partial charge in [0.25, 0.3) is 0 Å². The number of carbonyl (C=O) groups is 1. The van der Waals surface area contributed by atoms with Gasteiger partial charge in [-0.3, -0.25) is 4.79 Å². The molecule has 0 amide bonds. The molecule has 5 rings (SSSR count). The highest BCUT2D eigenvalue weighted by Gasteiger charge is 2.21. The molecule has 0 aliphatic carbocycles. The number of fused-ring (bicyclic) bond motifs is 1. The summed E-state index contributed by atoms with van der Waals surface area (Å²) in [5, 5.41) is 3.36. The summed E-state index contributed by atoms with van der Waals surface area (Å²) in [7, 11) is 0. The van der Waals surface area contributed by atoms with E-state index in [0.717, 1.165) is 60.1 Å². The van der Waals surface area contributed by atoms with Gasteiger partial charge in [0.2, 0.25) is 0 Å². The number of imidazole rings is 1. The number of ketones is 1. The lowest BCUT2D eigenvalue weighted by molar-refractivity contribution is 0.0910. The monoisotopic (exact) mass is 426 g/mol. The summed E-state index contributed by atoms with van der Waals surface area (Å²) in [6, 6.07) is 13.7. The second-order valence-corrected chi connectivity index (χ2v) is 8.41. The van der Waals surface area contributed by atoms with E-state index >= 15 is 0 Å². The topological polar surface area (TPSA) is 110 Å². The Morgan fingerprint density at radius 2 is 1.91 bits per heavy atom. The fourth-order valence-electron chi connectivity index (χ4n) is 4.27. The number of anilines is 1. The third-order valence-electron chi connectivity index (χ3n) is 6.07. The van der Waals surface area contributed by atoms with E-state index in [-0.39, 0.29) is 11.7 Å². The van der Waals surface area contributed by atoms with Crippen molar-refractivity contribution < 1.29 is 4.79 Å². The predicted octanol–water partition coefficient (Wildman–Crippen LogP) is 4.15. The molecule has 3 heterocycles.